The van der Waals surface area contributed by atoms with Crippen LogP contribution in [0.25, 0.3) is 0 Å². The number of carbonyl (C=O) groups excluding carboxylic acids is 1. The molecule has 2 heterocycles. The number of hydrogen-bond donors (Lipinski definition) is 3. The Balaban J connectivity index is 0.00000306. The molecule has 1 amide bonds. The Morgan fingerprint density at radius 3 is 2.48 bits per heavy atom. The number of aromatic hydroxyl groups is 1. The Kier molecular flexibility index (Phi) is 8.40. The number of halogens is 1. The largest absolute Gasteiger partial charge is 0.508 e. The zero-order chi connectivity index (χ0) is 22.9. The standard InChI is InChI=1S/C25H38N4O3.HI/c1-25(2,3)32-24(31)29-18-10-11-19(29)14-17(13-18)28-23(26-4)27-15-21-20-8-6-5-7-16(20)9-12-22(21)30;/h9,12,17-19,30H,5-8,10-11,13-15H2,1-4H3,(H2,26,27,28);1H. The maximum absolute atomic E-state index is 12.7. The molecule has 3 aliphatic rings. The predicted octanol–water partition coefficient (Wildman–Crippen LogP) is 4.48. The molecule has 1 aromatic carbocycles. The summed E-state index contributed by atoms with van der Waals surface area (Å²) in [5.74, 6) is 1.10. The smallest absolute Gasteiger partial charge is 0.410 e. The Hall–Kier alpha value is -1.71. The molecule has 2 atom stereocenters. The van der Waals surface area contributed by atoms with Crippen molar-refractivity contribution in [2.45, 2.75) is 102 Å². The lowest BCUT2D eigenvalue weighted by Crippen LogP contribution is -2.54. The maximum Gasteiger partial charge on any atom is 0.410 e. The van der Waals surface area contributed by atoms with Gasteiger partial charge >= 0.3 is 6.09 Å². The first-order valence-corrected chi connectivity index (χ1v) is 12.1. The molecule has 1 aliphatic carbocycles. The molecule has 4 rings (SSSR count). The maximum atomic E-state index is 12.7. The van der Waals surface area contributed by atoms with Crippen LogP contribution in [0.1, 0.15) is 76.0 Å². The highest BCUT2D eigenvalue weighted by Crippen LogP contribution is 2.37. The van der Waals surface area contributed by atoms with Gasteiger partial charge in [0.2, 0.25) is 0 Å². The van der Waals surface area contributed by atoms with Gasteiger partial charge in [-0.2, -0.15) is 0 Å². The summed E-state index contributed by atoms with van der Waals surface area (Å²) in [7, 11) is 1.78. The molecule has 33 heavy (non-hydrogen) atoms. The summed E-state index contributed by atoms with van der Waals surface area (Å²) in [5, 5.41) is 17.4. The monoisotopic (exact) mass is 570 g/mol. The third-order valence-corrected chi connectivity index (χ3v) is 6.96. The lowest BCUT2D eigenvalue weighted by Gasteiger charge is -2.40. The highest BCUT2D eigenvalue weighted by molar-refractivity contribution is 14.0. The van der Waals surface area contributed by atoms with Crippen LogP contribution in [0.2, 0.25) is 0 Å². The average molecular weight is 571 g/mol. The van der Waals surface area contributed by atoms with Crippen LogP contribution in [-0.2, 0) is 24.1 Å². The predicted molar refractivity (Wildman–Crippen MR) is 141 cm³/mol. The summed E-state index contributed by atoms with van der Waals surface area (Å²) in [4.78, 5) is 19.1. The normalized spacial score (nSPS) is 24.5. The van der Waals surface area contributed by atoms with Crippen LogP contribution >= 0.6 is 24.0 Å². The van der Waals surface area contributed by atoms with Gasteiger partial charge in [0.25, 0.3) is 0 Å². The first-order valence-electron chi connectivity index (χ1n) is 12.1. The first-order chi connectivity index (χ1) is 15.2. The molecule has 3 N–H and O–H groups in total. The topological polar surface area (TPSA) is 86.2 Å². The molecular weight excluding hydrogens is 531 g/mol. The third-order valence-electron chi connectivity index (χ3n) is 6.96. The van der Waals surface area contributed by atoms with Gasteiger partial charge in [-0.1, -0.05) is 6.07 Å². The molecule has 0 aromatic heterocycles. The lowest BCUT2D eigenvalue weighted by atomic mass is 9.88. The second-order valence-corrected chi connectivity index (χ2v) is 10.4. The van der Waals surface area contributed by atoms with Crippen molar-refractivity contribution < 1.29 is 14.6 Å². The molecule has 2 aliphatic heterocycles. The van der Waals surface area contributed by atoms with Crippen LogP contribution in [0.5, 0.6) is 5.75 Å². The number of amides is 1. The van der Waals surface area contributed by atoms with Gasteiger partial charge in [-0.05, 0) is 89.3 Å². The van der Waals surface area contributed by atoms with Crippen molar-refractivity contribution in [3.63, 3.8) is 0 Å². The molecule has 8 heteroatoms. The number of guanidine groups is 1. The second kappa shape index (κ2) is 10.7. The summed E-state index contributed by atoms with van der Waals surface area (Å²) in [6.45, 7) is 6.30. The van der Waals surface area contributed by atoms with Gasteiger partial charge in [-0.15, -0.1) is 24.0 Å². The Morgan fingerprint density at radius 2 is 1.85 bits per heavy atom. The fourth-order valence-corrected chi connectivity index (χ4v) is 5.56. The number of nitrogens with zero attached hydrogens (tertiary/aromatic N) is 2. The molecule has 184 valence electrons. The van der Waals surface area contributed by atoms with E-state index in [0.717, 1.165) is 50.0 Å². The number of carbonyl (C=O) groups is 1. The van der Waals surface area contributed by atoms with E-state index in [-0.39, 0.29) is 48.2 Å². The molecule has 7 nitrogen and oxygen atoms in total. The van der Waals surface area contributed by atoms with E-state index < -0.39 is 5.60 Å². The van der Waals surface area contributed by atoms with Gasteiger partial charge in [0, 0.05) is 37.3 Å². The van der Waals surface area contributed by atoms with Crippen molar-refractivity contribution >= 4 is 36.0 Å². The van der Waals surface area contributed by atoms with Crippen molar-refractivity contribution in [3.05, 3.63) is 28.8 Å². The number of rotatable bonds is 3. The van der Waals surface area contributed by atoms with Crippen LogP contribution < -0.4 is 10.6 Å². The molecule has 2 saturated heterocycles. The minimum atomic E-state index is -0.472. The van der Waals surface area contributed by atoms with Crippen molar-refractivity contribution in [1.29, 1.82) is 0 Å². The quantitative estimate of drug-likeness (QED) is 0.284. The van der Waals surface area contributed by atoms with Gasteiger partial charge in [0.1, 0.15) is 11.4 Å². The fourth-order valence-electron chi connectivity index (χ4n) is 5.56. The number of phenols is 1. The third kappa shape index (κ3) is 6.05. The lowest BCUT2D eigenvalue weighted by molar-refractivity contribution is 0.00545. The summed E-state index contributed by atoms with van der Waals surface area (Å²) < 4.78 is 5.65. The van der Waals surface area contributed by atoms with Gasteiger partial charge < -0.3 is 25.4 Å². The zero-order valence-electron chi connectivity index (χ0n) is 20.3. The number of benzene rings is 1. The minimum Gasteiger partial charge on any atom is -0.508 e. The number of fused-ring (bicyclic) bond motifs is 3. The minimum absolute atomic E-state index is 0. The number of aryl methyl sites for hydroxylation is 1. The number of ether oxygens (including phenoxy) is 1. The van der Waals surface area contributed by atoms with Crippen molar-refractivity contribution in [2.24, 2.45) is 4.99 Å². The fraction of sp³-hybridized carbons (Fsp3) is 0.680. The summed E-state index contributed by atoms with van der Waals surface area (Å²) in [6.07, 6.45) is 8.16. The van der Waals surface area contributed by atoms with Crippen LogP contribution in [0.15, 0.2) is 17.1 Å². The van der Waals surface area contributed by atoms with E-state index >= 15 is 0 Å². The summed E-state index contributed by atoms with van der Waals surface area (Å²) in [6, 6.07) is 4.57. The summed E-state index contributed by atoms with van der Waals surface area (Å²) >= 11 is 0. The number of piperidine rings is 1. The molecule has 2 bridgehead atoms. The molecular formula is C25H39IN4O3. The van der Waals surface area contributed by atoms with E-state index in [2.05, 4.69) is 21.7 Å². The van der Waals surface area contributed by atoms with E-state index in [1.807, 2.05) is 31.7 Å². The van der Waals surface area contributed by atoms with E-state index in [1.54, 1.807) is 7.05 Å². The Bertz CT molecular complexity index is 869. The van der Waals surface area contributed by atoms with E-state index in [4.69, 9.17) is 4.74 Å². The highest BCUT2D eigenvalue weighted by atomic mass is 127. The number of hydrogen-bond acceptors (Lipinski definition) is 4. The van der Waals surface area contributed by atoms with Gasteiger partial charge in [0.05, 0.1) is 0 Å². The van der Waals surface area contributed by atoms with Crippen LogP contribution in [0.3, 0.4) is 0 Å². The average Bonchev–Trinajstić information content (AvgIpc) is 3.01. The second-order valence-electron chi connectivity index (χ2n) is 10.4. The van der Waals surface area contributed by atoms with Crippen molar-refractivity contribution in [2.75, 3.05) is 7.05 Å². The summed E-state index contributed by atoms with van der Waals surface area (Å²) in [5.41, 5.74) is 3.17. The zero-order valence-corrected chi connectivity index (χ0v) is 22.6. The van der Waals surface area contributed by atoms with E-state index in [9.17, 15) is 9.90 Å². The Morgan fingerprint density at radius 1 is 1.18 bits per heavy atom. The number of phenolic OH excluding ortho intramolecular Hbond substituents is 1. The molecule has 0 spiro atoms. The van der Waals surface area contributed by atoms with E-state index in [1.165, 1.54) is 24.0 Å². The Labute approximate surface area is 214 Å². The number of aliphatic imine (C=N–C) groups is 1. The molecule has 2 fully saturated rings. The van der Waals surface area contributed by atoms with Crippen molar-refractivity contribution in [3.8, 4) is 5.75 Å². The van der Waals surface area contributed by atoms with Gasteiger partial charge in [0.15, 0.2) is 5.96 Å². The van der Waals surface area contributed by atoms with Gasteiger partial charge in [-0.3, -0.25) is 4.99 Å². The molecule has 1 aromatic rings. The number of nitrogens with one attached hydrogen (secondary N) is 2. The van der Waals surface area contributed by atoms with Crippen LogP contribution in [-0.4, -0.2) is 52.8 Å². The molecule has 2 unspecified atom stereocenters. The van der Waals surface area contributed by atoms with Gasteiger partial charge in [-0.25, -0.2) is 4.79 Å². The van der Waals surface area contributed by atoms with E-state index in [0.29, 0.717) is 12.3 Å². The van der Waals surface area contributed by atoms with Crippen LogP contribution in [0.4, 0.5) is 4.79 Å². The molecule has 0 saturated carbocycles. The van der Waals surface area contributed by atoms with Crippen molar-refractivity contribution in [1.82, 2.24) is 15.5 Å². The van der Waals surface area contributed by atoms with Crippen LogP contribution in [0, 0.1) is 0 Å². The first kappa shape index (κ1) is 25.9. The highest BCUT2D eigenvalue weighted by Gasteiger charge is 2.45. The molecule has 0 radical (unpaired) electrons. The SMILES string of the molecule is CN=C(NCc1c(O)ccc2c1CCCC2)NC1CC2CCC(C1)N2C(=O)OC(C)(C)C.I.